The van der Waals surface area contributed by atoms with E-state index in [2.05, 4.69) is 5.32 Å². The highest BCUT2D eigenvalue weighted by Crippen LogP contribution is 2.17. The maximum atomic E-state index is 11.2. The molecule has 0 amide bonds. The molecule has 1 aromatic carbocycles. The van der Waals surface area contributed by atoms with Crippen LogP contribution in [-0.4, -0.2) is 49.6 Å². The fourth-order valence-corrected chi connectivity index (χ4v) is 1.60. The SMILES string of the molecule is CCOC(=O)COc1ccc(OCC(O)CNC(C)C)cc1. The van der Waals surface area contributed by atoms with Gasteiger partial charge in [-0.2, -0.15) is 0 Å². The number of hydrogen-bond acceptors (Lipinski definition) is 6. The maximum Gasteiger partial charge on any atom is 0.344 e. The molecule has 6 nitrogen and oxygen atoms in total. The molecule has 0 saturated heterocycles. The third-order valence-corrected chi connectivity index (χ3v) is 2.69. The van der Waals surface area contributed by atoms with Crippen molar-refractivity contribution in [1.29, 1.82) is 0 Å². The average molecular weight is 311 g/mol. The Labute approximate surface area is 131 Å². The van der Waals surface area contributed by atoms with Crippen LogP contribution in [0.1, 0.15) is 20.8 Å². The molecule has 2 N–H and O–H groups in total. The maximum absolute atomic E-state index is 11.2. The lowest BCUT2D eigenvalue weighted by Gasteiger charge is -2.15. The average Bonchev–Trinajstić information content (AvgIpc) is 2.50. The van der Waals surface area contributed by atoms with Gasteiger partial charge in [0.05, 0.1) is 6.61 Å². The third kappa shape index (κ3) is 7.85. The van der Waals surface area contributed by atoms with Crippen LogP contribution in [0.4, 0.5) is 0 Å². The van der Waals surface area contributed by atoms with Crippen molar-refractivity contribution in [3.8, 4) is 11.5 Å². The Morgan fingerprint density at radius 2 is 1.77 bits per heavy atom. The molecule has 1 rings (SSSR count). The lowest BCUT2D eigenvalue weighted by atomic mass is 10.3. The standard InChI is InChI=1S/C16H25NO5/c1-4-20-16(19)11-22-15-7-5-14(6-8-15)21-10-13(18)9-17-12(2)3/h5-8,12-13,17-18H,4,9-11H2,1-3H3. The van der Waals surface area contributed by atoms with E-state index in [-0.39, 0.29) is 13.2 Å². The Bertz CT molecular complexity index is 433. The normalized spacial score (nSPS) is 12.0. The van der Waals surface area contributed by atoms with Crippen LogP contribution in [0.3, 0.4) is 0 Å². The number of carbonyl (C=O) groups excluding carboxylic acids is 1. The van der Waals surface area contributed by atoms with Crippen LogP contribution in [0.2, 0.25) is 0 Å². The zero-order chi connectivity index (χ0) is 16.4. The number of benzene rings is 1. The molecule has 22 heavy (non-hydrogen) atoms. The van der Waals surface area contributed by atoms with E-state index in [0.717, 1.165) is 0 Å². The fourth-order valence-electron chi connectivity index (χ4n) is 1.60. The monoisotopic (exact) mass is 311 g/mol. The van der Waals surface area contributed by atoms with E-state index < -0.39 is 12.1 Å². The Hall–Kier alpha value is -1.79. The van der Waals surface area contributed by atoms with Crippen molar-refractivity contribution in [3.63, 3.8) is 0 Å². The van der Waals surface area contributed by atoms with Crippen LogP contribution < -0.4 is 14.8 Å². The van der Waals surface area contributed by atoms with Crippen LogP contribution >= 0.6 is 0 Å². The number of ether oxygens (including phenoxy) is 3. The van der Waals surface area contributed by atoms with Crippen molar-refractivity contribution < 1.29 is 24.1 Å². The minimum atomic E-state index is -0.567. The second-order valence-electron chi connectivity index (χ2n) is 5.09. The summed E-state index contributed by atoms with van der Waals surface area (Å²) in [5.74, 6) is 0.790. The fraction of sp³-hybridized carbons (Fsp3) is 0.562. The molecular formula is C16H25NO5. The number of esters is 1. The van der Waals surface area contributed by atoms with Crippen LogP contribution in [0, 0.1) is 0 Å². The molecule has 0 aliphatic rings. The van der Waals surface area contributed by atoms with Crippen molar-refractivity contribution in [1.82, 2.24) is 5.32 Å². The van der Waals surface area contributed by atoms with Gasteiger partial charge in [0.1, 0.15) is 24.2 Å². The van der Waals surface area contributed by atoms with Gasteiger partial charge in [0.15, 0.2) is 6.61 Å². The van der Waals surface area contributed by atoms with Crippen LogP contribution in [-0.2, 0) is 9.53 Å². The summed E-state index contributed by atoms with van der Waals surface area (Å²) >= 11 is 0. The largest absolute Gasteiger partial charge is 0.491 e. The van der Waals surface area contributed by atoms with Crippen LogP contribution in [0.25, 0.3) is 0 Å². The molecule has 0 aliphatic heterocycles. The van der Waals surface area contributed by atoms with E-state index in [1.807, 2.05) is 13.8 Å². The first-order valence-electron chi connectivity index (χ1n) is 7.44. The Morgan fingerprint density at radius 3 is 2.32 bits per heavy atom. The van der Waals surface area contributed by atoms with Crippen molar-refractivity contribution in [2.45, 2.75) is 32.9 Å². The van der Waals surface area contributed by atoms with Gasteiger partial charge < -0.3 is 24.6 Å². The zero-order valence-electron chi connectivity index (χ0n) is 13.4. The molecule has 0 aromatic heterocycles. The molecule has 1 aromatic rings. The first kappa shape index (κ1) is 18.3. The van der Waals surface area contributed by atoms with E-state index in [1.54, 1.807) is 31.2 Å². The van der Waals surface area contributed by atoms with Crippen molar-refractivity contribution in [2.24, 2.45) is 0 Å². The van der Waals surface area contributed by atoms with Gasteiger partial charge in [-0.25, -0.2) is 4.79 Å². The highest BCUT2D eigenvalue weighted by molar-refractivity contribution is 5.71. The molecular weight excluding hydrogens is 286 g/mol. The zero-order valence-corrected chi connectivity index (χ0v) is 13.4. The highest BCUT2D eigenvalue weighted by atomic mass is 16.6. The van der Waals surface area contributed by atoms with E-state index in [0.29, 0.717) is 30.7 Å². The molecule has 0 fully saturated rings. The van der Waals surface area contributed by atoms with Crippen molar-refractivity contribution in [2.75, 3.05) is 26.4 Å². The van der Waals surface area contributed by atoms with Gasteiger partial charge in [-0.3, -0.25) is 0 Å². The van der Waals surface area contributed by atoms with E-state index in [9.17, 15) is 9.90 Å². The van der Waals surface area contributed by atoms with Gasteiger partial charge >= 0.3 is 5.97 Å². The van der Waals surface area contributed by atoms with Gasteiger partial charge in [0, 0.05) is 12.6 Å². The summed E-state index contributed by atoms with van der Waals surface area (Å²) in [6.07, 6.45) is -0.567. The topological polar surface area (TPSA) is 77.0 Å². The molecule has 6 heteroatoms. The predicted molar refractivity (Wildman–Crippen MR) is 83.2 cm³/mol. The number of hydrogen-bond donors (Lipinski definition) is 2. The molecule has 1 unspecified atom stereocenters. The quantitative estimate of drug-likeness (QED) is 0.636. The highest BCUT2D eigenvalue weighted by Gasteiger charge is 2.07. The molecule has 0 radical (unpaired) electrons. The van der Waals surface area contributed by atoms with E-state index in [1.165, 1.54) is 0 Å². The summed E-state index contributed by atoms with van der Waals surface area (Å²) in [7, 11) is 0. The van der Waals surface area contributed by atoms with Crippen molar-refractivity contribution in [3.05, 3.63) is 24.3 Å². The third-order valence-electron chi connectivity index (χ3n) is 2.69. The summed E-state index contributed by atoms with van der Waals surface area (Å²) < 4.78 is 15.5. The second kappa shape index (κ2) is 10.0. The predicted octanol–water partition coefficient (Wildman–Crippen LogP) is 1.37. The molecule has 0 aliphatic carbocycles. The Kier molecular flexibility index (Phi) is 8.32. The van der Waals surface area contributed by atoms with Gasteiger partial charge in [0.2, 0.25) is 0 Å². The van der Waals surface area contributed by atoms with E-state index >= 15 is 0 Å². The lowest BCUT2D eigenvalue weighted by molar-refractivity contribution is -0.145. The van der Waals surface area contributed by atoms with Gasteiger partial charge in [-0.05, 0) is 31.2 Å². The summed E-state index contributed by atoms with van der Waals surface area (Å²) in [4.78, 5) is 11.2. The Balaban J connectivity index is 2.31. The minimum absolute atomic E-state index is 0.117. The lowest BCUT2D eigenvalue weighted by Crippen LogP contribution is -2.35. The van der Waals surface area contributed by atoms with Crippen LogP contribution in [0.15, 0.2) is 24.3 Å². The van der Waals surface area contributed by atoms with Crippen molar-refractivity contribution >= 4 is 5.97 Å². The van der Waals surface area contributed by atoms with Crippen LogP contribution in [0.5, 0.6) is 11.5 Å². The number of carbonyl (C=O) groups is 1. The van der Waals surface area contributed by atoms with Gasteiger partial charge in [-0.1, -0.05) is 13.8 Å². The molecule has 0 heterocycles. The number of aliphatic hydroxyl groups excluding tert-OH is 1. The summed E-state index contributed by atoms with van der Waals surface area (Å²) in [5.41, 5.74) is 0. The summed E-state index contributed by atoms with van der Waals surface area (Å²) in [6, 6.07) is 7.18. The van der Waals surface area contributed by atoms with Gasteiger partial charge in [0.25, 0.3) is 0 Å². The number of aliphatic hydroxyl groups is 1. The minimum Gasteiger partial charge on any atom is -0.491 e. The first-order chi connectivity index (χ1) is 10.5. The molecule has 124 valence electrons. The molecule has 1 atom stereocenters. The first-order valence-corrected chi connectivity index (χ1v) is 7.44. The summed E-state index contributed by atoms with van der Waals surface area (Å²) in [5, 5.41) is 12.9. The van der Waals surface area contributed by atoms with E-state index in [4.69, 9.17) is 14.2 Å². The molecule has 0 spiro atoms. The summed E-state index contributed by atoms with van der Waals surface area (Å²) in [6.45, 7) is 6.69. The smallest absolute Gasteiger partial charge is 0.344 e. The number of nitrogens with one attached hydrogen (secondary N) is 1. The Morgan fingerprint density at radius 1 is 1.18 bits per heavy atom. The molecule has 0 bridgehead atoms. The van der Waals surface area contributed by atoms with Gasteiger partial charge in [-0.15, -0.1) is 0 Å². The second-order valence-corrected chi connectivity index (χ2v) is 5.09. The molecule has 0 saturated carbocycles. The number of rotatable bonds is 10.